The Bertz CT molecular complexity index is 866. The van der Waals surface area contributed by atoms with E-state index in [0.717, 1.165) is 34.6 Å². The summed E-state index contributed by atoms with van der Waals surface area (Å²) in [5, 5.41) is 4.50. The Morgan fingerprint density at radius 1 is 1.00 bits per heavy atom. The zero-order valence-corrected chi connectivity index (χ0v) is 15.6. The van der Waals surface area contributed by atoms with E-state index in [2.05, 4.69) is 42.4 Å². The van der Waals surface area contributed by atoms with Crippen molar-refractivity contribution in [2.45, 2.75) is 33.2 Å². The Morgan fingerprint density at radius 3 is 2.31 bits per heavy atom. The maximum Gasteiger partial charge on any atom is 0.222 e. The number of rotatable bonds is 6. The van der Waals surface area contributed by atoms with Gasteiger partial charge in [-0.1, -0.05) is 42.5 Å². The van der Waals surface area contributed by atoms with Crippen molar-refractivity contribution in [2.75, 3.05) is 7.05 Å². The zero-order valence-electron chi connectivity index (χ0n) is 15.6. The molecule has 1 aromatic heterocycles. The summed E-state index contributed by atoms with van der Waals surface area (Å²) in [4.78, 5) is 14.2. The van der Waals surface area contributed by atoms with Crippen LogP contribution < -0.4 is 0 Å². The van der Waals surface area contributed by atoms with Gasteiger partial charge in [0, 0.05) is 25.7 Å². The molecule has 134 valence electrons. The largest absolute Gasteiger partial charge is 0.341 e. The molecule has 0 spiro atoms. The molecule has 1 amide bonds. The van der Waals surface area contributed by atoms with Crippen LogP contribution in [0.3, 0.4) is 0 Å². The van der Waals surface area contributed by atoms with Gasteiger partial charge < -0.3 is 4.90 Å². The van der Waals surface area contributed by atoms with Crippen LogP contribution in [0, 0.1) is 13.8 Å². The molecule has 4 heteroatoms. The van der Waals surface area contributed by atoms with Crippen molar-refractivity contribution in [3.8, 4) is 5.69 Å². The number of benzene rings is 2. The van der Waals surface area contributed by atoms with Gasteiger partial charge in [0.1, 0.15) is 0 Å². The van der Waals surface area contributed by atoms with Crippen molar-refractivity contribution in [3.63, 3.8) is 0 Å². The fourth-order valence-electron chi connectivity index (χ4n) is 3.08. The molecule has 0 aliphatic carbocycles. The van der Waals surface area contributed by atoms with E-state index in [9.17, 15) is 4.79 Å². The van der Waals surface area contributed by atoms with Gasteiger partial charge in [0.25, 0.3) is 0 Å². The van der Waals surface area contributed by atoms with E-state index in [0.29, 0.717) is 13.0 Å². The van der Waals surface area contributed by atoms with Crippen LogP contribution in [-0.2, 0) is 17.8 Å². The first-order valence-corrected chi connectivity index (χ1v) is 8.93. The fraction of sp³-hybridized carbons (Fsp3) is 0.273. The highest BCUT2D eigenvalue weighted by Crippen LogP contribution is 2.14. The molecule has 3 aromatic rings. The molecule has 0 N–H and O–H groups in total. The van der Waals surface area contributed by atoms with E-state index in [1.54, 1.807) is 4.90 Å². The van der Waals surface area contributed by atoms with E-state index in [1.165, 1.54) is 0 Å². The predicted molar refractivity (Wildman–Crippen MR) is 104 cm³/mol. The topological polar surface area (TPSA) is 38.1 Å². The lowest BCUT2D eigenvalue weighted by Crippen LogP contribution is -2.26. The molecule has 0 saturated heterocycles. The molecule has 26 heavy (non-hydrogen) atoms. The van der Waals surface area contributed by atoms with Gasteiger partial charge in [0.15, 0.2) is 0 Å². The normalized spacial score (nSPS) is 10.7. The van der Waals surface area contributed by atoms with Crippen LogP contribution in [0.5, 0.6) is 0 Å². The van der Waals surface area contributed by atoms with Crippen LogP contribution in [0.15, 0.2) is 60.7 Å². The van der Waals surface area contributed by atoms with Crippen LogP contribution in [0.25, 0.3) is 5.69 Å². The third-order valence-corrected chi connectivity index (χ3v) is 4.51. The third kappa shape index (κ3) is 4.39. The lowest BCUT2D eigenvalue weighted by atomic mass is 10.1. The average Bonchev–Trinajstić information content (AvgIpc) is 2.99. The number of nitrogens with zero attached hydrogens (tertiary/aromatic N) is 3. The number of aromatic nitrogens is 2. The van der Waals surface area contributed by atoms with Crippen molar-refractivity contribution < 1.29 is 4.79 Å². The fourth-order valence-corrected chi connectivity index (χ4v) is 3.08. The standard InChI is InChI=1S/C22H25N3O/c1-17-15-18(2)25(23-17)21-12-9-19(10-13-21)11-14-22(26)24(3)16-20-7-5-4-6-8-20/h4-10,12-13,15H,11,14,16H2,1-3H3. The molecule has 0 aliphatic rings. The van der Waals surface area contributed by atoms with Gasteiger partial charge in [-0.25, -0.2) is 4.68 Å². The van der Waals surface area contributed by atoms with Crippen molar-refractivity contribution in [1.29, 1.82) is 0 Å². The molecule has 3 rings (SSSR count). The second-order valence-corrected chi connectivity index (χ2v) is 6.74. The molecular weight excluding hydrogens is 322 g/mol. The second-order valence-electron chi connectivity index (χ2n) is 6.74. The highest BCUT2D eigenvalue weighted by atomic mass is 16.2. The Labute approximate surface area is 155 Å². The quantitative estimate of drug-likeness (QED) is 0.674. The van der Waals surface area contributed by atoms with Gasteiger partial charge in [-0.2, -0.15) is 5.10 Å². The summed E-state index contributed by atoms with van der Waals surface area (Å²) < 4.78 is 1.94. The first-order valence-electron chi connectivity index (χ1n) is 8.93. The SMILES string of the molecule is Cc1cc(C)n(-c2ccc(CCC(=O)N(C)Cc3ccccc3)cc2)n1. The minimum atomic E-state index is 0.163. The van der Waals surface area contributed by atoms with Gasteiger partial charge in [-0.05, 0) is 49.6 Å². The second kappa shape index (κ2) is 8.00. The Balaban J connectivity index is 1.56. The first kappa shape index (κ1) is 17.9. The number of carbonyl (C=O) groups is 1. The minimum Gasteiger partial charge on any atom is -0.341 e. The number of aryl methyl sites for hydroxylation is 3. The van der Waals surface area contributed by atoms with Gasteiger partial charge >= 0.3 is 0 Å². The Kier molecular flexibility index (Phi) is 5.52. The molecule has 2 aromatic carbocycles. The molecule has 1 heterocycles. The van der Waals surface area contributed by atoms with E-state index < -0.39 is 0 Å². The van der Waals surface area contributed by atoms with Gasteiger partial charge in [-0.3, -0.25) is 4.79 Å². The summed E-state index contributed by atoms with van der Waals surface area (Å²) in [5.74, 6) is 0.163. The summed E-state index contributed by atoms with van der Waals surface area (Å²) >= 11 is 0. The van der Waals surface area contributed by atoms with Gasteiger partial charge in [-0.15, -0.1) is 0 Å². The van der Waals surface area contributed by atoms with E-state index in [4.69, 9.17) is 0 Å². The summed E-state index contributed by atoms with van der Waals surface area (Å²) in [7, 11) is 1.86. The van der Waals surface area contributed by atoms with Crippen molar-refractivity contribution in [3.05, 3.63) is 83.2 Å². The lowest BCUT2D eigenvalue weighted by molar-refractivity contribution is -0.130. The lowest BCUT2D eigenvalue weighted by Gasteiger charge is -2.17. The first-order chi connectivity index (χ1) is 12.5. The summed E-state index contributed by atoms with van der Waals surface area (Å²) in [5.41, 5.74) is 5.49. The van der Waals surface area contributed by atoms with Crippen LogP contribution in [-0.4, -0.2) is 27.6 Å². The molecule has 0 aliphatic heterocycles. The molecule has 0 saturated carbocycles. The van der Waals surface area contributed by atoms with Crippen molar-refractivity contribution >= 4 is 5.91 Å². The predicted octanol–water partition coefficient (Wildman–Crippen LogP) is 4.08. The summed E-state index contributed by atoms with van der Waals surface area (Å²) in [6, 6.07) is 20.4. The van der Waals surface area contributed by atoms with Crippen LogP contribution >= 0.6 is 0 Å². The number of hydrogen-bond donors (Lipinski definition) is 0. The molecule has 0 unspecified atom stereocenters. The molecule has 0 bridgehead atoms. The highest BCUT2D eigenvalue weighted by molar-refractivity contribution is 5.76. The number of hydrogen-bond acceptors (Lipinski definition) is 2. The maximum absolute atomic E-state index is 12.4. The van der Waals surface area contributed by atoms with Crippen LogP contribution in [0.1, 0.15) is 28.9 Å². The number of carbonyl (C=O) groups excluding carboxylic acids is 1. The molecular formula is C22H25N3O. The van der Waals surface area contributed by atoms with Gasteiger partial charge in [0.05, 0.1) is 11.4 Å². The summed E-state index contributed by atoms with van der Waals surface area (Å²) in [6.45, 7) is 4.70. The van der Waals surface area contributed by atoms with Crippen LogP contribution in [0.2, 0.25) is 0 Å². The smallest absolute Gasteiger partial charge is 0.222 e. The summed E-state index contributed by atoms with van der Waals surface area (Å²) in [6.07, 6.45) is 1.26. The molecule has 0 radical (unpaired) electrons. The van der Waals surface area contributed by atoms with Gasteiger partial charge in [0.2, 0.25) is 5.91 Å². The van der Waals surface area contributed by atoms with Crippen molar-refractivity contribution in [1.82, 2.24) is 14.7 Å². The zero-order chi connectivity index (χ0) is 18.5. The van der Waals surface area contributed by atoms with Crippen LogP contribution in [0.4, 0.5) is 0 Å². The van der Waals surface area contributed by atoms with E-state index >= 15 is 0 Å². The maximum atomic E-state index is 12.4. The van der Waals surface area contributed by atoms with Crippen molar-refractivity contribution in [2.24, 2.45) is 0 Å². The molecule has 0 fully saturated rings. The highest BCUT2D eigenvalue weighted by Gasteiger charge is 2.10. The monoisotopic (exact) mass is 347 g/mol. The Hall–Kier alpha value is -2.88. The van der Waals surface area contributed by atoms with E-state index in [-0.39, 0.29) is 5.91 Å². The Morgan fingerprint density at radius 2 is 1.69 bits per heavy atom. The van der Waals surface area contributed by atoms with E-state index in [1.807, 2.05) is 49.0 Å². The third-order valence-electron chi connectivity index (χ3n) is 4.51. The molecule has 4 nitrogen and oxygen atoms in total. The minimum absolute atomic E-state index is 0.163. The average molecular weight is 347 g/mol. The number of amides is 1. The molecule has 0 atom stereocenters.